The van der Waals surface area contributed by atoms with Crippen LogP contribution in [-0.2, 0) is 11.0 Å². The Balaban J connectivity index is 1.55. The van der Waals surface area contributed by atoms with Gasteiger partial charge < -0.3 is 10.3 Å². The molecular formula is C18H15F3N4O. The van der Waals surface area contributed by atoms with Gasteiger partial charge in [0.2, 0.25) is 0 Å². The maximum absolute atomic E-state index is 12.7. The molecule has 5 nitrogen and oxygen atoms in total. The highest BCUT2D eigenvalue weighted by Crippen LogP contribution is 2.30. The Morgan fingerprint density at radius 1 is 1.15 bits per heavy atom. The Bertz CT molecular complexity index is 947. The average molecular weight is 360 g/mol. The molecule has 0 saturated heterocycles. The molecule has 1 heterocycles. The van der Waals surface area contributed by atoms with Crippen molar-refractivity contribution in [3.8, 4) is 0 Å². The first-order valence-corrected chi connectivity index (χ1v) is 7.72. The second kappa shape index (κ2) is 7.30. The number of nitrogens with one attached hydrogen (secondary N) is 3. The van der Waals surface area contributed by atoms with Crippen molar-refractivity contribution in [2.24, 2.45) is 5.10 Å². The van der Waals surface area contributed by atoms with Crippen molar-refractivity contribution in [2.45, 2.75) is 6.18 Å². The summed E-state index contributed by atoms with van der Waals surface area (Å²) in [7, 11) is 0. The Kier molecular flexibility index (Phi) is 4.92. The van der Waals surface area contributed by atoms with Crippen molar-refractivity contribution in [1.29, 1.82) is 0 Å². The monoisotopic (exact) mass is 360 g/mol. The molecule has 0 aliphatic carbocycles. The number of fused-ring (bicyclic) bond motifs is 1. The van der Waals surface area contributed by atoms with Gasteiger partial charge in [-0.05, 0) is 24.3 Å². The molecule has 26 heavy (non-hydrogen) atoms. The minimum Gasteiger partial charge on any atom is -0.376 e. The van der Waals surface area contributed by atoms with Gasteiger partial charge in [0.05, 0.1) is 18.3 Å². The van der Waals surface area contributed by atoms with Gasteiger partial charge in [-0.3, -0.25) is 4.79 Å². The van der Waals surface area contributed by atoms with Gasteiger partial charge in [0.25, 0.3) is 5.91 Å². The first kappa shape index (κ1) is 17.5. The summed E-state index contributed by atoms with van der Waals surface area (Å²) in [5.41, 5.74) is 3.52. The number of carbonyl (C=O) groups is 1. The van der Waals surface area contributed by atoms with Crippen molar-refractivity contribution in [3.05, 3.63) is 65.9 Å². The zero-order valence-electron chi connectivity index (χ0n) is 13.5. The number of para-hydroxylation sites is 1. The van der Waals surface area contributed by atoms with E-state index in [0.717, 1.165) is 28.6 Å². The minimum atomic E-state index is -4.43. The predicted octanol–water partition coefficient (Wildman–Crippen LogP) is 3.75. The number of aromatic nitrogens is 1. The number of carbonyl (C=O) groups excluding carboxylic acids is 1. The summed E-state index contributed by atoms with van der Waals surface area (Å²) in [5, 5.41) is 7.47. The van der Waals surface area contributed by atoms with E-state index in [1.165, 1.54) is 18.3 Å². The van der Waals surface area contributed by atoms with E-state index >= 15 is 0 Å². The Morgan fingerprint density at radius 3 is 2.77 bits per heavy atom. The lowest BCUT2D eigenvalue weighted by Crippen LogP contribution is -2.26. The fourth-order valence-corrected chi connectivity index (χ4v) is 2.40. The number of benzene rings is 2. The highest BCUT2D eigenvalue weighted by Gasteiger charge is 2.30. The van der Waals surface area contributed by atoms with Gasteiger partial charge in [0.15, 0.2) is 0 Å². The average Bonchev–Trinajstić information content (AvgIpc) is 3.03. The largest absolute Gasteiger partial charge is 0.416 e. The maximum atomic E-state index is 12.7. The van der Waals surface area contributed by atoms with Gasteiger partial charge in [0.1, 0.15) is 0 Å². The van der Waals surface area contributed by atoms with Crippen molar-refractivity contribution >= 4 is 28.7 Å². The minimum absolute atomic E-state index is 0.202. The molecular weight excluding hydrogens is 345 g/mol. The van der Waals surface area contributed by atoms with Crippen LogP contribution in [0.25, 0.3) is 10.9 Å². The molecule has 3 rings (SSSR count). The molecule has 8 heteroatoms. The van der Waals surface area contributed by atoms with E-state index in [-0.39, 0.29) is 12.2 Å². The third-order valence-corrected chi connectivity index (χ3v) is 3.66. The molecule has 0 fully saturated rings. The second-order valence-corrected chi connectivity index (χ2v) is 5.51. The van der Waals surface area contributed by atoms with E-state index in [4.69, 9.17) is 0 Å². The van der Waals surface area contributed by atoms with Crippen LogP contribution in [0.5, 0.6) is 0 Å². The molecule has 0 aliphatic rings. The van der Waals surface area contributed by atoms with Gasteiger partial charge in [-0.15, -0.1) is 0 Å². The molecule has 0 unspecified atom stereocenters. The Hall–Kier alpha value is -3.29. The van der Waals surface area contributed by atoms with E-state index in [0.29, 0.717) is 0 Å². The lowest BCUT2D eigenvalue weighted by atomic mass is 10.2. The maximum Gasteiger partial charge on any atom is 0.416 e. The number of hydrogen-bond donors (Lipinski definition) is 3. The van der Waals surface area contributed by atoms with Crippen LogP contribution < -0.4 is 10.7 Å². The SMILES string of the molecule is O=C(CNc1cccc(C(F)(F)F)c1)N/N=C\c1c[nH]c2ccccc12. The molecule has 3 N–H and O–H groups in total. The van der Waals surface area contributed by atoms with Crippen LogP contribution in [0.3, 0.4) is 0 Å². The topological polar surface area (TPSA) is 69.3 Å². The van der Waals surface area contributed by atoms with E-state index in [1.54, 1.807) is 6.20 Å². The van der Waals surface area contributed by atoms with E-state index in [1.807, 2.05) is 24.3 Å². The Morgan fingerprint density at radius 2 is 1.96 bits per heavy atom. The normalized spacial score (nSPS) is 11.8. The summed E-state index contributed by atoms with van der Waals surface area (Å²) in [6.45, 7) is -0.202. The van der Waals surface area contributed by atoms with Crippen LogP contribution in [0.2, 0.25) is 0 Å². The van der Waals surface area contributed by atoms with Gasteiger partial charge in [0, 0.05) is 28.4 Å². The third kappa shape index (κ3) is 4.21. The van der Waals surface area contributed by atoms with Crippen LogP contribution >= 0.6 is 0 Å². The molecule has 0 radical (unpaired) electrons. The number of alkyl halides is 3. The van der Waals surface area contributed by atoms with E-state index < -0.39 is 17.6 Å². The summed E-state index contributed by atoms with van der Waals surface area (Å²) < 4.78 is 38.0. The summed E-state index contributed by atoms with van der Waals surface area (Å²) in [5.74, 6) is -0.474. The highest BCUT2D eigenvalue weighted by molar-refractivity contribution is 5.99. The van der Waals surface area contributed by atoms with Crippen molar-refractivity contribution in [2.75, 3.05) is 11.9 Å². The first-order valence-electron chi connectivity index (χ1n) is 7.72. The fraction of sp³-hybridized carbons (Fsp3) is 0.111. The van der Waals surface area contributed by atoms with Crippen LogP contribution in [0.15, 0.2) is 59.8 Å². The van der Waals surface area contributed by atoms with Crippen LogP contribution in [0.4, 0.5) is 18.9 Å². The molecule has 1 aromatic heterocycles. The Labute approximate surface area is 146 Å². The lowest BCUT2D eigenvalue weighted by Gasteiger charge is -2.09. The zero-order valence-corrected chi connectivity index (χ0v) is 13.5. The number of hydrogen-bond acceptors (Lipinski definition) is 3. The number of rotatable bonds is 5. The summed E-state index contributed by atoms with van der Waals surface area (Å²) >= 11 is 0. The number of hydrazone groups is 1. The molecule has 2 aromatic carbocycles. The number of aromatic amines is 1. The number of anilines is 1. The number of halogens is 3. The number of amides is 1. The zero-order chi connectivity index (χ0) is 18.6. The van der Waals surface area contributed by atoms with Crippen molar-refractivity contribution in [1.82, 2.24) is 10.4 Å². The molecule has 0 spiro atoms. The molecule has 0 saturated carbocycles. The second-order valence-electron chi connectivity index (χ2n) is 5.51. The standard InChI is InChI=1S/C18H15F3N4O/c19-18(20,21)13-4-3-5-14(8-13)22-11-17(26)25-24-10-12-9-23-16-7-2-1-6-15(12)16/h1-10,22-23H,11H2,(H,25,26)/b24-10-. The first-order chi connectivity index (χ1) is 12.4. The van der Waals surface area contributed by atoms with E-state index in [2.05, 4.69) is 20.8 Å². The van der Waals surface area contributed by atoms with Crippen LogP contribution in [0.1, 0.15) is 11.1 Å². The fourth-order valence-electron chi connectivity index (χ4n) is 2.40. The van der Waals surface area contributed by atoms with Crippen LogP contribution in [0, 0.1) is 0 Å². The molecule has 3 aromatic rings. The molecule has 0 aliphatic heterocycles. The summed E-state index contributed by atoms with van der Waals surface area (Å²) in [6, 6.07) is 12.3. The lowest BCUT2D eigenvalue weighted by molar-refractivity contribution is -0.137. The molecule has 0 bridgehead atoms. The predicted molar refractivity (Wildman–Crippen MR) is 94.0 cm³/mol. The van der Waals surface area contributed by atoms with Crippen LogP contribution in [-0.4, -0.2) is 23.7 Å². The van der Waals surface area contributed by atoms with Gasteiger partial charge in [-0.25, -0.2) is 5.43 Å². The van der Waals surface area contributed by atoms with Gasteiger partial charge in [-0.1, -0.05) is 24.3 Å². The third-order valence-electron chi connectivity index (χ3n) is 3.66. The summed E-state index contributed by atoms with van der Waals surface area (Å²) in [4.78, 5) is 14.9. The number of nitrogens with zero attached hydrogens (tertiary/aromatic N) is 1. The molecule has 134 valence electrons. The molecule has 0 atom stereocenters. The van der Waals surface area contributed by atoms with Gasteiger partial charge >= 0.3 is 6.18 Å². The quantitative estimate of drug-likeness (QED) is 0.479. The van der Waals surface area contributed by atoms with Crippen molar-refractivity contribution < 1.29 is 18.0 Å². The smallest absolute Gasteiger partial charge is 0.376 e. The summed E-state index contributed by atoms with van der Waals surface area (Å²) in [6.07, 6.45) is -1.16. The molecule has 1 amide bonds. The van der Waals surface area contributed by atoms with Gasteiger partial charge in [-0.2, -0.15) is 18.3 Å². The van der Waals surface area contributed by atoms with Crippen molar-refractivity contribution in [3.63, 3.8) is 0 Å². The van der Waals surface area contributed by atoms with E-state index in [9.17, 15) is 18.0 Å². The number of H-pyrrole nitrogens is 1. The highest BCUT2D eigenvalue weighted by atomic mass is 19.4.